The van der Waals surface area contributed by atoms with E-state index in [1.807, 2.05) is 6.07 Å². The molecule has 2 fully saturated rings. The Hall–Kier alpha value is -0.580. The summed E-state index contributed by atoms with van der Waals surface area (Å²) in [5, 5.41) is 3.35. The van der Waals surface area contributed by atoms with Crippen LogP contribution in [0.3, 0.4) is 0 Å². The molecule has 1 aromatic rings. The van der Waals surface area contributed by atoms with Crippen LogP contribution in [0.25, 0.3) is 0 Å². The minimum atomic E-state index is 0.222. The third-order valence-corrected chi connectivity index (χ3v) is 4.63. The van der Waals surface area contributed by atoms with Gasteiger partial charge in [-0.2, -0.15) is 0 Å². The van der Waals surface area contributed by atoms with Crippen LogP contribution in [0.15, 0.2) is 22.7 Å². The Labute approximate surface area is 110 Å². The van der Waals surface area contributed by atoms with Crippen LogP contribution >= 0.6 is 15.9 Å². The molecule has 1 aromatic carbocycles. The lowest BCUT2D eigenvalue weighted by atomic mass is 9.66. The first-order valence-electron chi connectivity index (χ1n) is 5.89. The van der Waals surface area contributed by atoms with Gasteiger partial charge in [-0.1, -0.05) is 6.07 Å². The number of halogens is 1. The molecule has 2 aliphatic heterocycles. The van der Waals surface area contributed by atoms with Crippen molar-refractivity contribution in [2.45, 2.75) is 5.41 Å². The number of hydrogen-bond donors (Lipinski definition) is 1. The third-order valence-electron chi connectivity index (χ3n) is 4.01. The minimum absolute atomic E-state index is 0.222. The first-order valence-corrected chi connectivity index (χ1v) is 6.68. The summed E-state index contributed by atoms with van der Waals surface area (Å²) in [5.41, 5.74) is 1.59. The van der Waals surface area contributed by atoms with Gasteiger partial charge in [0.25, 0.3) is 0 Å². The summed E-state index contributed by atoms with van der Waals surface area (Å²) in [6.45, 7) is 3.90. The molecule has 2 heterocycles. The fraction of sp³-hybridized carbons (Fsp3) is 0.538. The molecule has 0 atom stereocenters. The van der Waals surface area contributed by atoms with Gasteiger partial charge in [-0.25, -0.2) is 0 Å². The molecule has 0 spiro atoms. The molecule has 1 N–H and O–H groups in total. The average molecular weight is 298 g/mol. The van der Waals surface area contributed by atoms with E-state index in [1.165, 1.54) is 5.56 Å². The number of methoxy groups -OCH3 is 1. The Morgan fingerprint density at radius 2 is 2.18 bits per heavy atom. The highest BCUT2D eigenvalue weighted by atomic mass is 79.9. The summed E-state index contributed by atoms with van der Waals surface area (Å²) < 4.78 is 11.8. The zero-order valence-corrected chi connectivity index (χ0v) is 11.4. The molecule has 0 radical (unpaired) electrons. The second-order valence-electron chi connectivity index (χ2n) is 4.85. The van der Waals surface area contributed by atoms with Crippen LogP contribution in [0, 0.1) is 5.92 Å². The van der Waals surface area contributed by atoms with Crippen LogP contribution in [0.2, 0.25) is 0 Å². The molecule has 0 aromatic heterocycles. The molecule has 2 aliphatic rings. The molecule has 4 heteroatoms. The van der Waals surface area contributed by atoms with Crippen LogP contribution in [0.1, 0.15) is 5.56 Å². The summed E-state index contributed by atoms with van der Waals surface area (Å²) in [6, 6.07) is 6.38. The maximum atomic E-state index is 5.47. The Kier molecular flexibility index (Phi) is 2.89. The van der Waals surface area contributed by atoms with E-state index < -0.39 is 0 Å². The standard InChI is InChI=1S/C13H16BrNO2/c1-16-12-3-2-9(4-11(12)14)13(7-17-8-13)10-5-15-6-10/h2-4,10,15H,5-8H2,1H3. The second kappa shape index (κ2) is 4.26. The van der Waals surface area contributed by atoms with E-state index in [2.05, 4.69) is 33.4 Å². The normalized spacial score (nSPS) is 22.7. The fourth-order valence-corrected chi connectivity index (χ4v) is 3.16. The van der Waals surface area contributed by atoms with Gasteiger partial charge < -0.3 is 14.8 Å². The van der Waals surface area contributed by atoms with E-state index in [0.717, 1.165) is 36.5 Å². The molecule has 3 nitrogen and oxygen atoms in total. The van der Waals surface area contributed by atoms with Gasteiger partial charge in [0.2, 0.25) is 0 Å². The zero-order chi connectivity index (χ0) is 11.9. The Morgan fingerprint density at radius 3 is 2.59 bits per heavy atom. The minimum Gasteiger partial charge on any atom is -0.496 e. The molecular formula is C13H16BrNO2. The summed E-state index contributed by atoms with van der Waals surface area (Å²) in [7, 11) is 1.69. The maximum absolute atomic E-state index is 5.47. The van der Waals surface area contributed by atoms with Gasteiger partial charge in [0.15, 0.2) is 0 Å². The zero-order valence-electron chi connectivity index (χ0n) is 9.83. The first kappa shape index (κ1) is 11.5. The van der Waals surface area contributed by atoms with E-state index in [9.17, 15) is 0 Å². The number of benzene rings is 1. The van der Waals surface area contributed by atoms with Gasteiger partial charge >= 0.3 is 0 Å². The highest BCUT2D eigenvalue weighted by Crippen LogP contribution is 2.43. The predicted molar refractivity (Wildman–Crippen MR) is 69.6 cm³/mol. The van der Waals surface area contributed by atoms with Crippen molar-refractivity contribution in [2.24, 2.45) is 5.92 Å². The van der Waals surface area contributed by atoms with Crippen molar-refractivity contribution in [2.75, 3.05) is 33.4 Å². The smallest absolute Gasteiger partial charge is 0.133 e. The maximum Gasteiger partial charge on any atom is 0.133 e. The summed E-state index contributed by atoms with van der Waals surface area (Å²) in [5.74, 6) is 1.59. The van der Waals surface area contributed by atoms with Gasteiger partial charge in [0, 0.05) is 18.5 Å². The number of nitrogens with one attached hydrogen (secondary N) is 1. The van der Waals surface area contributed by atoms with E-state index in [-0.39, 0.29) is 5.41 Å². The third kappa shape index (κ3) is 1.70. The van der Waals surface area contributed by atoms with Crippen molar-refractivity contribution in [3.8, 4) is 5.75 Å². The SMILES string of the molecule is COc1ccc(C2(C3CNC3)COC2)cc1Br. The van der Waals surface area contributed by atoms with Gasteiger partial charge in [-0.05, 0) is 39.5 Å². The van der Waals surface area contributed by atoms with Crippen LogP contribution in [-0.2, 0) is 10.2 Å². The highest BCUT2D eigenvalue weighted by molar-refractivity contribution is 9.10. The summed E-state index contributed by atoms with van der Waals surface area (Å²) in [6.07, 6.45) is 0. The number of ether oxygens (including phenoxy) is 2. The Bertz CT molecular complexity index is 427. The van der Waals surface area contributed by atoms with Crippen molar-refractivity contribution in [1.29, 1.82) is 0 Å². The number of rotatable bonds is 3. The largest absolute Gasteiger partial charge is 0.496 e. The molecule has 2 saturated heterocycles. The molecule has 0 amide bonds. The average Bonchev–Trinajstić information content (AvgIpc) is 2.20. The van der Waals surface area contributed by atoms with Crippen LogP contribution in [0.4, 0.5) is 0 Å². The quantitative estimate of drug-likeness (QED) is 0.925. The molecule has 0 unspecified atom stereocenters. The second-order valence-corrected chi connectivity index (χ2v) is 5.71. The van der Waals surface area contributed by atoms with Crippen molar-refractivity contribution >= 4 is 15.9 Å². The van der Waals surface area contributed by atoms with Crippen LogP contribution in [0.5, 0.6) is 5.75 Å². The molecule has 0 bridgehead atoms. The molecule has 92 valence electrons. The van der Waals surface area contributed by atoms with Crippen molar-refractivity contribution in [3.05, 3.63) is 28.2 Å². The van der Waals surface area contributed by atoms with Crippen LogP contribution in [-0.4, -0.2) is 33.4 Å². The summed E-state index contributed by atoms with van der Waals surface area (Å²) in [4.78, 5) is 0. The van der Waals surface area contributed by atoms with Gasteiger partial charge in [0.05, 0.1) is 24.8 Å². The lowest BCUT2D eigenvalue weighted by molar-refractivity contribution is -0.101. The monoisotopic (exact) mass is 297 g/mol. The molecule has 0 aliphatic carbocycles. The molecular weight excluding hydrogens is 282 g/mol. The first-order chi connectivity index (χ1) is 8.26. The lowest BCUT2D eigenvalue weighted by Crippen LogP contribution is -2.62. The number of hydrogen-bond acceptors (Lipinski definition) is 3. The van der Waals surface area contributed by atoms with E-state index >= 15 is 0 Å². The van der Waals surface area contributed by atoms with Crippen molar-refractivity contribution in [1.82, 2.24) is 5.32 Å². The van der Waals surface area contributed by atoms with Crippen molar-refractivity contribution in [3.63, 3.8) is 0 Å². The van der Waals surface area contributed by atoms with Crippen molar-refractivity contribution < 1.29 is 9.47 Å². The Balaban J connectivity index is 1.94. The fourth-order valence-electron chi connectivity index (χ4n) is 2.62. The summed E-state index contributed by atoms with van der Waals surface area (Å²) >= 11 is 3.56. The highest BCUT2D eigenvalue weighted by Gasteiger charge is 2.49. The lowest BCUT2D eigenvalue weighted by Gasteiger charge is -2.51. The topological polar surface area (TPSA) is 30.5 Å². The van der Waals surface area contributed by atoms with E-state index in [4.69, 9.17) is 9.47 Å². The molecule has 17 heavy (non-hydrogen) atoms. The Morgan fingerprint density at radius 1 is 1.41 bits per heavy atom. The van der Waals surface area contributed by atoms with Gasteiger partial charge in [-0.3, -0.25) is 0 Å². The predicted octanol–water partition coefficient (Wildman–Crippen LogP) is 1.95. The molecule has 3 rings (SSSR count). The van der Waals surface area contributed by atoms with Gasteiger partial charge in [0.1, 0.15) is 5.75 Å². The van der Waals surface area contributed by atoms with Gasteiger partial charge in [-0.15, -0.1) is 0 Å². The molecule has 0 saturated carbocycles. The van der Waals surface area contributed by atoms with E-state index in [1.54, 1.807) is 7.11 Å². The van der Waals surface area contributed by atoms with E-state index in [0.29, 0.717) is 5.92 Å². The van der Waals surface area contributed by atoms with Crippen LogP contribution < -0.4 is 10.1 Å².